The average molecular weight is 406 g/mol. The number of aryl methyl sites for hydroxylation is 1. The molecule has 1 aromatic carbocycles. The van der Waals surface area contributed by atoms with E-state index in [1.54, 1.807) is 24.3 Å². The van der Waals surface area contributed by atoms with Crippen LogP contribution in [-0.4, -0.2) is 23.5 Å². The molecule has 0 atom stereocenters. The van der Waals surface area contributed by atoms with Crippen LogP contribution < -0.4 is 21.1 Å². The second kappa shape index (κ2) is 8.96. The predicted molar refractivity (Wildman–Crippen MR) is 113 cm³/mol. The molecule has 0 saturated heterocycles. The van der Waals surface area contributed by atoms with Gasteiger partial charge in [0.2, 0.25) is 0 Å². The number of benzene rings is 1. The minimum atomic E-state index is -0.537. The van der Waals surface area contributed by atoms with Crippen molar-refractivity contribution in [3.63, 3.8) is 0 Å². The summed E-state index contributed by atoms with van der Waals surface area (Å²) < 4.78 is 5.60. The molecule has 0 radical (unpaired) electrons. The summed E-state index contributed by atoms with van der Waals surface area (Å²) in [5.41, 5.74) is 7.08. The summed E-state index contributed by atoms with van der Waals surface area (Å²) in [5.74, 6) is 0.238. The van der Waals surface area contributed by atoms with Gasteiger partial charge in [0.05, 0.1) is 12.2 Å². The molecular formula is C19H23N3O3S2. The number of ether oxygens (including phenoxy) is 1. The second-order valence-corrected chi connectivity index (χ2v) is 8.12. The first-order chi connectivity index (χ1) is 12.7. The fraction of sp³-hybridized carbons (Fsp3) is 0.316. The third kappa shape index (κ3) is 5.51. The summed E-state index contributed by atoms with van der Waals surface area (Å²) in [6.45, 7) is 8.46. The Morgan fingerprint density at radius 3 is 2.41 bits per heavy atom. The van der Waals surface area contributed by atoms with E-state index in [9.17, 15) is 9.59 Å². The Morgan fingerprint density at radius 2 is 1.85 bits per heavy atom. The number of nitrogens with one attached hydrogen (secondary N) is 2. The van der Waals surface area contributed by atoms with Crippen molar-refractivity contribution in [1.82, 2.24) is 5.32 Å². The standard InChI is InChI=1S/C19H23N3O3S2/c1-10(2)9-25-14-7-5-13(6-8-14)17(24)21-19(26)22-18-15(16(20)23)11(3)12(4)27-18/h5-8,10H,9H2,1-4H3,(H2,20,23)(H2,21,22,24,26). The van der Waals surface area contributed by atoms with Crippen LogP contribution in [0.15, 0.2) is 24.3 Å². The maximum absolute atomic E-state index is 12.3. The van der Waals surface area contributed by atoms with Gasteiger partial charge >= 0.3 is 0 Å². The van der Waals surface area contributed by atoms with Gasteiger partial charge in [-0.1, -0.05) is 13.8 Å². The molecule has 2 aromatic rings. The van der Waals surface area contributed by atoms with Crippen molar-refractivity contribution in [2.75, 3.05) is 11.9 Å². The van der Waals surface area contributed by atoms with Crippen LogP contribution in [0.2, 0.25) is 0 Å². The van der Waals surface area contributed by atoms with Crippen molar-refractivity contribution in [3.8, 4) is 5.75 Å². The number of nitrogens with two attached hydrogens (primary N) is 1. The molecule has 4 N–H and O–H groups in total. The molecule has 0 aliphatic carbocycles. The molecule has 0 unspecified atom stereocenters. The van der Waals surface area contributed by atoms with E-state index in [2.05, 4.69) is 24.5 Å². The van der Waals surface area contributed by atoms with Gasteiger partial charge < -0.3 is 15.8 Å². The minimum Gasteiger partial charge on any atom is -0.493 e. The van der Waals surface area contributed by atoms with E-state index in [1.807, 2.05) is 13.8 Å². The summed E-state index contributed by atoms with van der Waals surface area (Å²) in [6, 6.07) is 6.82. The summed E-state index contributed by atoms with van der Waals surface area (Å²) in [4.78, 5) is 25.0. The lowest BCUT2D eigenvalue weighted by Gasteiger charge is -2.11. The van der Waals surface area contributed by atoms with Crippen molar-refractivity contribution in [2.45, 2.75) is 27.7 Å². The van der Waals surface area contributed by atoms with Crippen molar-refractivity contribution >= 4 is 45.5 Å². The first-order valence-corrected chi connectivity index (χ1v) is 9.66. The smallest absolute Gasteiger partial charge is 0.257 e. The Balaban J connectivity index is 2.01. The number of hydrogen-bond acceptors (Lipinski definition) is 5. The zero-order valence-corrected chi connectivity index (χ0v) is 17.3. The first-order valence-electron chi connectivity index (χ1n) is 8.44. The van der Waals surface area contributed by atoms with E-state index in [0.29, 0.717) is 34.4 Å². The van der Waals surface area contributed by atoms with Gasteiger partial charge in [0, 0.05) is 10.4 Å². The van der Waals surface area contributed by atoms with Gasteiger partial charge in [-0.05, 0) is 61.8 Å². The molecule has 1 aromatic heterocycles. The molecule has 144 valence electrons. The van der Waals surface area contributed by atoms with E-state index in [4.69, 9.17) is 22.7 Å². The number of thiocarbonyl (C=S) groups is 1. The van der Waals surface area contributed by atoms with Gasteiger partial charge in [-0.2, -0.15) is 0 Å². The number of thiophene rings is 1. The molecule has 0 saturated carbocycles. The Morgan fingerprint density at radius 1 is 1.22 bits per heavy atom. The quantitative estimate of drug-likeness (QED) is 0.638. The van der Waals surface area contributed by atoms with Gasteiger partial charge in [-0.15, -0.1) is 11.3 Å². The van der Waals surface area contributed by atoms with Crippen LogP contribution in [0.1, 0.15) is 45.0 Å². The molecule has 0 spiro atoms. The largest absolute Gasteiger partial charge is 0.493 e. The third-order valence-electron chi connectivity index (χ3n) is 3.79. The molecule has 1 heterocycles. The number of primary amides is 1. The van der Waals surface area contributed by atoms with Gasteiger partial charge in [0.15, 0.2) is 5.11 Å². The number of anilines is 1. The molecule has 0 aliphatic rings. The predicted octanol–water partition coefficient (Wildman–Crippen LogP) is 3.63. The number of amides is 2. The maximum Gasteiger partial charge on any atom is 0.257 e. The highest BCUT2D eigenvalue weighted by atomic mass is 32.1. The zero-order valence-electron chi connectivity index (χ0n) is 15.7. The fourth-order valence-electron chi connectivity index (χ4n) is 2.29. The second-order valence-electron chi connectivity index (χ2n) is 6.49. The van der Waals surface area contributed by atoms with Crippen molar-refractivity contribution in [1.29, 1.82) is 0 Å². The fourth-order valence-corrected chi connectivity index (χ4v) is 3.62. The highest BCUT2D eigenvalue weighted by Gasteiger charge is 2.18. The lowest BCUT2D eigenvalue weighted by molar-refractivity contribution is 0.0975. The highest BCUT2D eigenvalue weighted by molar-refractivity contribution is 7.80. The van der Waals surface area contributed by atoms with Crippen LogP contribution in [0.4, 0.5) is 5.00 Å². The normalized spacial score (nSPS) is 10.6. The Kier molecular flexibility index (Phi) is 6.92. The third-order valence-corrected chi connectivity index (χ3v) is 5.11. The summed E-state index contributed by atoms with van der Waals surface area (Å²) >= 11 is 6.56. The summed E-state index contributed by atoms with van der Waals surface area (Å²) in [5, 5.41) is 6.12. The van der Waals surface area contributed by atoms with Crippen LogP contribution in [-0.2, 0) is 0 Å². The summed E-state index contributed by atoms with van der Waals surface area (Å²) in [6.07, 6.45) is 0. The molecule has 8 heteroatoms. The average Bonchev–Trinajstić information content (AvgIpc) is 2.87. The van der Waals surface area contributed by atoms with Crippen LogP contribution in [0, 0.1) is 19.8 Å². The highest BCUT2D eigenvalue weighted by Crippen LogP contribution is 2.31. The van der Waals surface area contributed by atoms with Crippen LogP contribution in [0.3, 0.4) is 0 Å². The topological polar surface area (TPSA) is 93.4 Å². The number of carbonyl (C=O) groups is 2. The Labute approximate surface area is 168 Å². The summed E-state index contributed by atoms with van der Waals surface area (Å²) in [7, 11) is 0. The molecule has 0 aliphatic heterocycles. The Hall–Kier alpha value is -2.45. The molecule has 6 nitrogen and oxygen atoms in total. The van der Waals surface area contributed by atoms with Crippen molar-refractivity contribution in [2.24, 2.45) is 11.7 Å². The number of rotatable bonds is 6. The molecule has 0 bridgehead atoms. The lowest BCUT2D eigenvalue weighted by Crippen LogP contribution is -2.34. The number of carbonyl (C=O) groups excluding carboxylic acids is 2. The molecule has 0 fully saturated rings. The molecule has 2 rings (SSSR count). The van der Waals surface area contributed by atoms with Crippen molar-refractivity contribution in [3.05, 3.63) is 45.8 Å². The minimum absolute atomic E-state index is 0.101. The monoisotopic (exact) mass is 405 g/mol. The van der Waals surface area contributed by atoms with E-state index < -0.39 is 5.91 Å². The van der Waals surface area contributed by atoms with Gasteiger partial charge in [0.25, 0.3) is 11.8 Å². The SMILES string of the molecule is Cc1sc(NC(=S)NC(=O)c2ccc(OCC(C)C)cc2)c(C(N)=O)c1C. The van der Waals surface area contributed by atoms with Gasteiger partial charge in [-0.3, -0.25) is 14.9 Å². The van der Waals surface area contributed by atoms with Crippen molar-refractivity contribution < 1.29 is 14.3 Å². The Bertz CT molecular complexity index is 858. The van der Waals surface area contributed by atoms with Crippen LogP contribution in [0.25, 0.3) is 0 Å². The maximum atomic E-state index is 12.3. The molecule has 27 heavy (non-hydrogen) atoms. The van der Waals surface area contributed by atoms with Gasteiger partial charge in [-0.25, -0.2) is 0 Å². The lowest BCUT2D eigenvalue weighted by atomic mass is 10.1. The van der Waals surface area contributed by atoms with Crippen LogP contribution >= 0.6 is 23.6 Å². The first kappa shape index (κ1) is 20.9. The number of hydrogen-bond donors (Lipinski definition) is 3. The van der Waals surface area contributed by atoms with Crippen LogP contribution in [0.5, 0.6) is 5.75 Å². The van der Waals surface area contributed by atoms with E-state index in [0.717, 1.165) is 10.4 Å². The zero-order chi connectivity index (χ0) is 20.1. The van der Waals surface area contributed by atoms with Gasteiger partial charge in [0.1, 0.15) is 10.8 Å². The van der Waals surface area contributed by atoms with E-state index in [1.165, 1.54) is 11.3 Å². The molecule has 2 amide bonds. The van der Waals surface area contributed by atoms with E-state index >= 15 is 0 Å². The molecular weight excluding hydrogens is 382 g/mol. The van der Waals surface area contributed by atoms with E-state index in [-0.39, 0.29) is 11.0 Å².